The standard InChI is InChI=1S/C14H23N3O/c1-4-10-16-14(15-2)17-11-9-12-7-5-6-8-13(12)18-3/h5-8H,4,9-11H2,1-3H3,(H2,15,16,17). The van der Waals surface area contributed by atoms with Crippen molar-refractivity contribution in [2.24, 2.45) is 4.99 Å². The molecule has 4 nitrogen and oxygen atoms in total. The number of benzene rings is 1. The van der Waals surface area contributed by atoms with Crippen LogP contribution in [0.4, 0.5) is 0 Å². The Morgan fingerprint density at radius 1 is 1.22 bits per heavy atom. The van der Waals surface area contributed by atoms with Crippen LogP contribution in [0, 0.1) is 0 Å². The fourth-order valence-corrected chi connectivity index (χ4v) is 1.69. The second-order valence-electron chi connectivity index (χ2n) is 3.99. The maximum atomic E-state index is 5.32. The molecule has 2 N–H and O–H groups in total. The fourth-order valence-electron chi connectivity index (χ4n) is 1.69. The Morgan fingerprint density at radius 3 is 2.61 bits per heavy atom. The lowest BCUT2D eigenvalue weighted by molar-refractivity contribution is 0.409. The van der Waals surface area contributed by atoms with Crippen LogP contribution >= 0.6 is 0 Å². The van der Waals surface area contributed by atoms with E-state index in [4.69, 9.17) is 4.74 Å². The van der Waals surface area contributed by atoms with Gasteiger partial charge in [-0.2, -0.15) is 0 Å². The molecule has 4 heteroatoms. The zero-order valence-corrected chi connectivity index (χ0v) is 11.5. The van der Waals surface area contributed by atoms with E-state index in [1.807, 2.05) is 18.2 Å². The van der Waals surface area contributed by atoms with E-state index in [1.54, 1.807) is 14.2 Å². The maximum Gasteiger partial charge on any atom is 0.190 e. The number of guanidine groups is 1. The number of aliphatic imine (C=N–C) groups is 1. The second-order valence-corrected chi connectivity index (χ2v) is 3.99. The van der Waals surface area contributed by atoms with E-state index in [1.165, 1.54) is 5.56 Å². The van der Waals surface area contributed by atoms with Crippen molar-refractivity contribution in [3.05, 3.63) is 29.8 Å². The molecular formula is C14H23N3O. The first-order valence-electron chi connectivity index (χ1n) is 6.38. The SMILES string of the molecule is CCCNC(=NC)NCCc1ccccc1OC. The lowest BCUT2D eigenvalue weighted by atomic mass is 10.1. The summed E-state index contributed by atoms with van der Waals surface area (Å²) in [6.45, 7) is 3.91. The highest BCUT2D eigenvalue weighted by Crippen LogP contribution is 2.17. The Kier molecular flexibility index (Phi) is 6.69. The van der Waals surface area contributed by atoms with Crippen LogP contribution in [-0.4, -0.2) is 33.2 Å². The molecule has 0 aliphatic rings. The van der Waals surface area contributed by atoms with E-state index in [2.05, 4.69) is 28.6 Å². The largest absolute Gasteiger partial charge is 0.496 e. The van der Waals surface area contributed by atoms with Crippen LogP contribution in [0.15, 0.2) is 29.3 Å². The van der Waals surface area contributed by atoms with Crippen LogP contribution < -0.4 is 15.4 Å². The summed E-state index contributed by atoms with van der Waals surface area (Å²) in [5.74, 6) is 1.79. The van der Waals surface area contributed by atoms with Crippen LogP contribution in [0.3, 0.4) is 0 Å². The molecule has 100 valence electrons. The molecule has 0 fully saturated rings. The van der Waals surface area contributed by atoms with Gasteiger partial charge in [0.2, 0.25) is 0 Å². The zero-order chi connectivity index (χ0) is 13.2. The average Bonchev–Trinajstić information content (AvgIpc) is 2.43. The third kappa shape index (κ3) is 4.65. The number of nitrogens with zero attached hydrogens (tertiary/aromatic N) is 1. The second kappa shape index (κ2) is 8.39. The topological polar surface area (TPSA) is 45.7 Å². The molecule has 0 spiro atoms. The van der Waals surface area contributed by atoms with Crippen molar-refractivity contribution < 1.29 is 4.74 Å². The summed E-state index contributed by atoms with van der Waals surface area (Å²) in [7, 11) is 3.49. The van der Waals surface area contributed by atoms with E-state index in [0.717, 1.165) is 37.6 Å². The van der Waals surface area contributed by atoms with Gasteiger partial charge in [-0.15, -0.1) is 0 Å². The smallest absolute Gasteiger partial charge is 0.190 e. The Morgan fingerprint density at radius 2 is 1.94 bits per heavy atom. The maximum absolute atomic E-state index is 5.32. The third-order valence-electron chi connectivity index (χ3n) is 2.65. The molecule has 0 saturated heterocycles. The van der Waals surface area contributed by atoms with E-state index in [0.29, 0.717) is 0 Å². The quantitative estimate of drug-likeness (QED) is 0.597. The van der Waals surface area contributed by atoms with Crippen LogP contribution in [0.5, 0.6) is 5.75 Å². The van der Waals surface area contributed by atoms with E-state index in [-0.39, 0.29) is 0 Å². The molecule has 0 radical (unpaired) electrons. The molecule has 0 unspecified atom stereocenters. The normalized spacial score (nSPS) is 11.2. The summed E-state index contributed by atoms with van der Waals surface area (Å²) in [6, 6.07) is 8.09. The molecule has 0 atom stereocenters. The minimum absolute atomic E-state index is 0.837. The zero-order valence-electron chi connectivity index (χ0n) is 11.5. The molecule has 0 amide bonds. The molecule has 0 saturated carbocycles. The predicted molar refractivity (Wildman–Crippen MR) is 76.4 cm³/mol. The Balaban J connectivity index is 2.40. The van der Waals surface area contributed by atoms with Gasteiger partial charge in [-0.3, -0.25) is 4.99 Å². The number of hydrogen-bond acceptors (Lipinski definition) is 2. The lowest BCUT2D eigenvalue weighted by Crippen LogP contribution is -2.38. The Labute approximate surface area is 109 Å². The first kappa shape index (κ1) is 14.4. The number of methoxy groups -OCH3 is 1. The monoisotopic (exact) mass is 249 g/mol. The van der Waals surface area contributed by atoms with E-state index < -0.39 is 0 Å². The molecule has 0 heterocycles. The third-order valence-corrected chi connectivity index (χ3v) is 2.65. The van der Waals surface area contributed by atoms with Gasteiger partial charge >= 0.3 is 0 Å². The van der Waals surface area contributed by atoms with Crippen LogP contribution in [0.2, 0.25) is 0 Å². The van der Waals surface area contributed by atoms with Crippen molar-refractivity contribution in [3.63, 3.8) is 0 Å². The van der Waals surface area contributed by atoms with Crippen LogP contribution in [0.1, 0.15) is 18.9 Å². The van der Waals surface area contributed by atoms with Gasteiger partial charge in [0.1, 0.15) is 5.75 Å². The van der Waals surface area contributed by atoms with Gasteiger partial charge < -0.3 is 15.4 Å². The highest BCUT2D eigenvalue weighted by atomic mass is 16.5. The Bertz CT molecular complexity index is 377. The van der Waals surface area contributed by atoms with Gasteiger partial charge in [-0.1, -0.05) is 25.1 Å². The van der Waals surface area contributed by atoms with Crippen molar-refractivity contribution in [1.29, 1.82) is 0 Å². The van der Waals surface area contributed by atoms with Crippen LogP contribution in [0.25, 0.3) is 0 Å². The lowest BCUT2D eigenvalue weighted by Gasteiger charge is -2.12. The van der Waals surface area contributed by atoms with Crippen molar-refractivity contribution in [2.75, 3.05) is 27.2 Å². The summed E-state index contributed by atoms with van der Waals surface area (Å²) in [4.78, 5) is 4.16. The molecule has 0 aliphatic heterocycles. The number of rotatable bonds is 6. The molecule has 1 aromatic rings. The summed E-state index contributed by atoms with van der Waals surface area (Å²) in [5, 5.41) is 6.53. The molecular weight excluding hydrogens is 226 g/mol. The van der Waals surface area contributed by atoms with Gasteiger partial charge in [0.05, 0.1) is 7.11 Å². The van der Waals surface area contributed by atoms with Crippen molar-refractivity contribution in [2.45, 2.75) is 19.8 Å². The molecule has 0 aromatic heterocycles. The van der Waals surface area contributed by atoms with Crippen molar-refractivity contribution >= 4 is 5.96 Å². The van der Waals surface area contributed by atoms with E-state index in [9.17, 15) is 0 Å². The first-order chi connectivity index (χ1) is 8.81. The fraction of sp³-hybridized carbons (Fsp3) is 0.500. The molecule has 18 heavy (non-hydrogen) atoms. The van der Waals surface area contributed by atoms with Gasteiger partial charge in [-0.05, 0) is 24.5 Å². The average molecular weight is 249 g/mol. The van der Waals surface area contributed by atoms with Crippen molar-refractivity contribution in [3.8, 4) is 5.75 Å². The van der Waals surface area contributed by atoms with Crippen LogP contribution in [-0.2, 0) is 6.42 Å². The highest BCUT2D eigenvalue weighted by Gasteiger charge is 2.01. The van der Waals surface area contributed by atoms with Gasteiger partial charge in [0.15, 0.2) is 5.96 Å². The number of hydrogen-bond donors (Lipinski definition) is 2. The minimum atomic E-state index is 0.837. The summed E-state index contributed by atoms with van der Waals surface area (Å²) >= 11 is 0. The van der Waals surface area contributed by atoms with Gasteiger partial charge in [0, 0.05) is 20.1 Å². The number of para-hydroxylation sites is 1. The first-order valence-corrected chi connectivity index (χ1v) is 6.38. The highest BCUT2D eigenvalue weighted by molar-refractivity contribution is 5.79. The van der Waals surface area contributed by atoms with E-state index >= 15 is 0 Å². The molecule has 1 aromatic carbocycles. The predicted octanol–water partition coefficient (Wildman–Crippen LogP) is 1.81. The summed E-state index contributed by atoms with van der Waals surface area (Å²) in [6.07, 6.45) is 2.00. The number of nitrogens with one attached hydrogen (secondary N) is 2. The minimum Gasteiger partial charge on any atom is -0.496 e. The molecule has 0 aliphatic carbocycles. The van der Waals surface area contributed by atoms with Gasteiger partial charge in [0.25, 0.3) is 0 Å². The van der Waals surface area contributed by atoms with Crippen molar-refractivity contribution in [1.82, 2.24) is 10.6 Å². The molecule has 1 rings (SSSR count). The molecule has 0 bridgehead atoms. The number of ether oxygens (including phenoxy) is 1. The summed E-state index contributed by atoms with van der Waals surface area (Å²) in [5.41, 5.74) is 1.21. The summed E-state index contributed by atoms with van der Waals surface area (Å²) < 4.78 is 5.32. The Hall–Kier alpha value is -1.71. The van der Waals surface area contributed by atoms with Gasteiger partial charge in [-0.25, -0.2) is 0 Å².